The van der Waals surface area contributed by atoms with Gasteiger partial charge in [0.1, 0.15) is 0 Å². The molecule has 0 fully saturated rings. The molecule has 2 nitrogen and oxygen atoms in total. The highest BCUT2D eigenvalue weighted by molar-refractivity contribution is 7.81. The molecular weight excluding hydrogens is 129 g/mol. The molecule has 0 aliphatic carbocycles. The minimum absolute atomic E-state index is 0.0293. The van der Waals surface area contributed by atoms with Gasteiger partial charge in [0.05, 0.1) is 5.75 Å². The standard InChI is InChI=1S/C3H8NOPS/c5-3(1-7)4-2-6/h7H,1-2,6H2,(H,4,5). The Kier molecular flexibility index (Phi) is 4.57. The van der Waals surface area contributed by atoms with Crippen molar-refractivity contribution in [3.05, 3.63) is 0 Å². The summed E-state index contributed by atoms with van der Waals surface area (Å²) in [6.45, 7) is 0. The lowest BCUT2D eigenvalue weighted by molar-refractivity contribution is -0.118. The molecule has 0 aliphatic heterocycles. The van der Waals surface area contributed by atoms with Crippen LogP contribution < -0.4 is 5.32 Å². The first-order valence-electron chi connectivity index (χ1n) is 1.89. The predicted molar refractivity (Wildman–Crippen MR) is 36.6 cm³/mol. The molecule has 0 aliphatic rings. The number of thiol groups is 1. The molecular formula is C3H8NOPS. The van der Waals surface area contributed by atoms with Gasteiger partial charge in [0.2, 0.25) is 5.91 Å². The highest BCUT2D eigenvalue weighted by Crippen LogP contribution is 1.75. The van der Waals surface area contributed by atoms with E-state index in [2.05, 4.69) is 27.2 Å². The third kappa shape index (κ3) is 4.10. The van der Waals surface area contributed by atoms with Crippen LogP contribution in [-0.2, 0) is 4.79 Å². The maximum atomic E-state index is 10.2. The third-order valence-electron chi connectivity index (χ3n) is 0.443. The van der Waals surface area contributed by atoms with Crippen LogP contribution in [0.4, 0.5) is 0 Å². The van der Waals surface area contributed by atoms with E-state index in [0.717, 1.165) is 0 Å². The van der Waals surface area contributed by atoms with Crippen molar-refractivity contribution >= 4 is 27.8 Å². The van der Waals surface area contributed by atoms with Crippen LogP contribution in [0.5, 0.6) is 0 Å². The molecule has 0 aromatic rings. The molecule has 0 bridgehead atoms. The first-order chi connectivity index (χ1) is 3.31. The molecule has 0 aromatic carbocycles. The van der Waals surface area contributed by atoms with E-state index in [9.17, 15) is 4.79 Å². The zero-order valence-corrected chi connectivity index (χ0v) is 5.90. The maximum Gasteiger partial charge on any atom is 0.229 e. The summed E-state index contributed by atoms with van der Waals surface area (Å²) in [6.07, 6.45) is 0.611. The lowest BCUT2D eigenvalue weighted by Crippen LogP contribution is -2.22. The van der Waals surface area contributed by atoms with Gasteiger partial charge >= 0.3 is 0 Å². The van der Waals surface area contributed by atoms with Crippen LogP contribution in [0, 0.1) is 0 Å². The number of nitrogens with one attached hydrogen (secondary N) is 1. The summed E-state index contributed by atoms with van der Waals surface area (Å²) >= 11 is 3.73. The molecule has 0 rings (SSSR count). The quantitative estimate of drug-likeness (QED) is 0.402. The summed E-state index contributed by atoms with van der Waals surface area (Å²) in [5, 5.41) is 2.54. The van der Waals surface area contributed by atoms with Crippen molar-refractivity contribution in [1.29, 1.82) is 0 Å². The van der Waals surface area contributed by atoms with Crippen LogP contribution in [0.2, 0.25) is 0 Å². The summed E-state index contributed by atoms with van der Waals surface area (Å²) in [5.74, 6) is 0.243. The second kappa shape index (κ2) is 4.41. The zero-order valence-electron chi connectivity index (χ0n) is 3.85. The molecule has 0 heterocycles. The first-order valence-corrected chi connectivity index (χ1v) is 3.33. The molecule has 0 aromatic heterocycles. The lowest BCUT2D eigenvalue weighted by Gasteiger charge is -1.93. The topological polar surface area (TPSA) is 29.1 Å². The van der Waals surface area contributed by atoms with Crippen LogP contribution in [0.25, 0.3) is 0 Å². The van der Waals surface area contributed by atoms with E-state index in [1.54, 1.807) is 0 Å². The van der Waals surface area contributed by atoms with Gasteiger partial charge in [0.15, 0.2) is 0 Å². The van der Waals surface area contributed by atoms with E-state index in [-0.39, 0.29) is 11.7 Å². The van der Waals surface area contributed by atoms with Crippen molar-refractivity contribution in [2.45, 2.75) is 0 Å². The molecule has 4 heteroatoms. The second-order valence-corrected chi connectivity index (χ2v) is 1.69. The molecule has 0 spiro atoms. The van der Waals surface area contributed by atoms with E-state index in [0.29, 0.717) is 6.29 Å². The molecule has 1 unspecified atom stereocenters. The highest BCUT2D eigenvalue weighted by atomic mass is 32.1. The van der Waals surface area contributed by atoms with Gasteiger partial charge in [-0.1, -0.05) is 0 Å². The lowest BCUT2D eigenvalue weighted by atomic mass is 10.7. The second-order valence-electron chi connectivity index (χ2n) is 0.962. The molecule has 7 heavy (non-hydrogen) atoms. The molecule has 0 saturated heterocycles. The van der Waals surface area contributed by atoms with Crippen LogP contribution in [0.15, 0.2) is 0 Å². The van der Waals surface area contributed by atoms with Gasteiger partial charge in [-0.15, -0.1) is 9.24 Å². The van der Waals surface area contributed by atoms with Crippen molar-refractivity contribution in [1.82, 2.24) is 5.32 Å². The minimum Gasteiger partial charge on any atom is -0.352 e. The maximum absolute atomic E-state index is 10.2. The fourth-order valence-electron chi connectivity index (χ4n) is 0.170. The average Bonchev–Trinajstić information content (AvgIpc) is 1.68. The summed E-state index contributed by atoms with van der Waals surface area (Å²) in [6, 6.07) is 0. The van der Waals surface area contributed by atoms with Gasteiger partial charge < -0.3 is 5.32 Å². The summed E-state index contributed by atoms with van der Waals surface area (Å²) in [7, 11) is 2.39. The number of hydrogen-bond acceptors (Lipinski definition) is 2. The molecule has 0 radical (unpaired) electrons. The Morgan fingerprint density at radius 2 is 2.43 bits per heavy atom. The summed E-state index contributed by atoms with van der Waals surface area (Å²) < 4.78 is 0. The first kappa shape index (κ1) is 7.25. The normalized spacial score (nSPS) is 8.29. The predicted octanol–water partition coefficient (Wildman–Crippen LogP) is -0.135. The Labute approximate surface area is 50.7 Å². The number of hydrogen-bond donors (Lipinski definition) is 2. The van der Waals surface area contributed by atoms with Crippen molar-refractivity contribution in [2.75, 3.05) is 12.0 Å². The van der Waals surface area contributed by atoms with Gasteiger partial charge in [-0.25, -0.2) is 0 Å². The van der Waals surface area contributed by atoms with E-state index >= 15 is 0 Å². The van der Waals surface area contributed by atoms with E-state index in [1.165, 1.54) is 0 Å². The molecule has 1 amide bonds. The molecule has 1 atom stereocenters. The number of amides is 1. The number of rotatable bonds is 2. The Balaban J connectivity index is 3.00. The highest BCUT2D eigenvalue weighted by Gasteiger charge is 1.89. The van der Waals surface area contributed by atoms with Gasteiger partial charge in [-0.2, -0.15) is 12.6 Å². The third-order valence-corrected chi connectivity index (χ3v) is 0.934. The van der Waals surface area contributed by atoms with E-state index in [4.69, 9.17) is 0 Å². The SMILES string of the molecule is O=C(CS)NCP. The summed E-state index contributed by atoms with van der Waals surface area (Å²) in [4.78, 5) is 10.2. The van der Waals surface area contributed by atoms with Gasteiger partial charge in [0.25, 0.3) is 0 Å². The van der Waals surface area contributed by atoms with Gasteiger partial charge in [-0.05, 0) is 0 Å². The van der Waals surface area contributed by atoms with Crippen LogP contribution in [0.1, 0.15) is 0 Å². The van der Waals surface area contributed by atoms with Crippen molar-refractivity contribution in [2.24, 2.45) is 0 Å². The molecule has 42 valence electrons. The molecule has 0 saturated carbocycles. The zero-order chi connectivity index (χ0) is 5.70. The Morgan fingerprint density at radius 3 is 2.57 bits per heavy atom. The number of carbonyl (C=O) groups excluding carboxylic acids is 1. The monoisotopic (exact) mass is 137 g/mol. The smallest absolute Gasteiger partial charge is 0.229 e. The van der Waals surface area contributed by atoms with Crippen LogP contribution >= 0.6 is 21.9 Å². The van der Waals surface area contributed by atoms with E-state index < -0.39 is 0 Å². The Hall–Kier alpha value is 0.250. The fourth-order valence-corrected chi connectivity index (χ4v) is 0.509. The van der Waals surface area contributed by atoms with Crippen molar-refractivity contribution < 1.29 is 4.79 Å². The Bertz CT molecular complexity index is 68.0. The average molecular weight is 137 g/mol. The van der Waals surface area contributed by atoms with Crippen LogP contribution in [-0.4, -0.2) is 17.9 Å². The minimum atomic E-state index is -0.0293. The summed E-state index contributed by atoms with van der Waals surface area (Å²) in [5.41, 5.74) is 0. The van der Waals surface area contributed by atoms with Crippen molar-refractivity contribution in [3.63, 3.8) is 0 Å². The van der Waals surface area contributed by atoms with Gasteiger partial charge in [-0.3, -0.25) is 4.79 Å². The fraction of sp³-hybridized carbons (Fsp3) is 0.667. The number of carbonyl (C=O) groups is 1. The van der Waals surface area contributed by atoms with Gasteiger partial charge in [0, 0.05) is 6.29 Å². The van der Waals surface area contributed by atoms with Crippen molar-refractivity contribution in [3.8, 4) is 0 Å². The molecule has 1 N–H and O–H groups in total. The Morgan fingerprint density at radius 1 is 1.86 bits per heavy atom. The van der Waals surface area contributed by atoms with Crippen LogP contribution in [0.3, 0.4) is 0 Å². The van der Waals surface area contributed by atoms with E-state index in [1.807, 2.05) is 0 Å². The largest absolute Gasteiger partial charge is 0.352 e.